The van der Waals surface area contributed by atoms with E-state index < -0.39 is 0 Å². The summed E-state index contributed by atoms with van der Waals surface area (Å²) >= 11 is 1.48. The van der Waals surface area contributed by atoms with Crippen molar-refractivity contribution in [2.45, 2.75) is 24.7 Å². The topological polar surface area (TPSA) is 37.3 Å². The van der Waals surface area contributed by atoms with Crippen LogP contribution >= 0.6 is 11.8 Å². The molecule has 1 aromatic rings. The van der Waals surface area contributed by atoms with E-state index in [0.717, 1.165) is 22.4 Å². The molecule has 2 rings (SSSR count). The smallest absolute Gasteiger partial charge is 0.167 e. The maximum absolute atomic E-state index is 11.5. The van der Waals surface area contributed by atoms with Gasteiger partial charge in [0.15, 0.2) is 5.78 Å². The molecule has 0 saturated carbocycles. The highest BCUT2D eigenvalue weighted by molar-refractivity contribution is 7.98. The minimum Gasteiger partial charge on any atom is -0.506 e. The first-order valence-corrected chi connectivity index (χ1v) is 5.80. The molecule has 0 radical (unpaired) electrons. The molecular formula is C11H12O2S. The molecule has 3 heteroatoms. The summed E-state index contributed by atoms with van der Waals surface area (Å²) in [5, 5.41) is 9.86. The van der Waals surface area contributed by atoms with Crippen molar-refractivity contribution >= 4 is 17.5 Å². The average Bonchev–Trinajstić information content (AvgIpc) is 2.54. The summed E-state index contributed by atoms with van der Waals surface area (Å²) < 4.78 is 0. The van der Waals surface area contributed by atoms with Crippen molar-refractivity contribution in [2.24, 2.45) is 0 Å². The van der Waals surface area contributed by atoms with Gasteiger partial charge in [0, 0.05) is 11.3 Å². The minimum atomic E-state index is 0.0801. The highest BCUT2D eigenvalue weighted by Gasteiger charge is 2.26. The molecule has 0 aromatic heterocycles. The molecule has 0 atom stereocenters. The van der Waals surface area contributed by atoms with E-state index in [-0.39, 0.29) is 11.5 Å². The van der Waals surface area contributed by atoms with Gasteiger partial charge < -0.3 is 5.11 Å². The number of carbonyl (C=O) groups excluding carboxylic acids is 1. The summed E-state index contributed by atoms with van der Waals surface area (Å²) in [6.45, 7) is 2.00. The van der Waals surface area contributed by atoms with Crippen LogP contribution in [0.3, 0.4) is 0 Å². The van der Waals surface area contributed by atoms with Crippen LogP contribution in [0, 0.1) is 6.92 Å². The SMILES string of the molecule is CSc1cc(C)c2c(c1O)C(=O)CC2. The number of phenolic OH excluding ortho intramolecular Hbond substituents is 1. The Morgan fingerprint density at radius 2 is 2.14 bits per heavy atom. The maximum Gasteiger partial charge on any atom is 0.167 e. The van der Waals surface area contributed by atoms with E-state index in [1.807, 2.05) is 19.2 Å². The number of rotatable bonds is 1. The third kappa shape index (κ3) is 1.23. The molecule has 14 heavy (non-hydrogen) atoms. The number of carbonyl (C=O) groups is 1. The van der Waals surface area contributed by atoms with Gasteiger partial charge in [0.05, 0.1) is 5.56 Å². The molecule has 0 heterocycles. The van der Waals surface area contributed by atoms with Crippen LogP contribution < -0.4 is 0 Å². The Balaban J connectivity index is 2.71. The number of Topliss-reactive ketones (excluding diaryl/α,β-unsaturated/α-hetero) is 1. The quantitative estimate of drug-likeness (QED) is 0.721. The monoisotopic (exact) mass is 208 g/mol. The number of fused-ring (bicyclic) bond motifs is 1. The molecule has 0 saturated heterocycles. The van der Waals surface area contributed by atoms with Crippen molar-refractivity contribution in [1.82, 2.24) is 0 Å². The second kappa shape index (κ2) is 3.31. The van der Waals surface area contributed by atoms with E-state index in [4.69, 9.17) is 0 Å². The molecular weight excluding hydrogens is 196 g/mol. The Morgan fingerprint density at radius 3 is 2.79 bits per heavy atom. The van der Waals surface area contributed by atoms with Crippen molar-refractivity contribution < 1.29 is 9.90 Å². The van der Waals surface area contributed by atoms with E-state index in [9.17, 15) is 9.90 Å². The van der Waals surface area contributed by atoms with Gasteiger partial charge in [0.1, 0.15) is 5.75 Å². The Morgan fingerprint density at radius 1 is 1.43 bits per heavy atom. The number of ketones is 1. The fourth-order valence-corrected chi connectivity index (χ4v) is 2.55. The molecule has 0 amide bonds. The highest BCUT2D eigenvalue weighted by Crippen LogP contribution is 2.38. The lowest BCUT2D eigenvalue weighted by molar-refractivity contribution is 0.0992. The summed E-state index contributed by atoms with van der Waals surface area (Å²) in [5.74, 6) is 0.261. The van der Waals surface area contributed by atoms with Gasteiger partial charge in [-0.15, -0.1) is 11.8 Å². The molecule has 1 aliphatic carbocycles. The number of thioether (sulfide) groups is 1. The van der Waals surface area contributed by atoms with Gasteiger partial charge in [-0.2, -0.15) is 0 Å². The van der Waals surface area contributed by atoms with Crippen LogP contribution in [0.4, 0.5) is 0 Å². The molecule has 1 aliphatic rings. The zero-order valence-electron chi connectivity index (χ0n) is 8.26. The van der Waals surface area contributed by atoms with Gasteiger partial charge in [0.2, 0.25) is 0 Å². The van der Waals surface area contributed by atoms with Crippen molar-refractivity contribution in [3.63, 3.8) is 0 Å². The number of benzene rings is 1. The molecule has 0 unspecified atom stereocenters. The van der Waals surface area contributed by atoms with Crippen LogP contribution in [-0.4, -0.2) is 17.1 Å². The first-order valence-electron chi connectivity index (χ1n) is 4.57. The zero-order valence-corrected chi connectivity index (χ0v) is 9.07. The number of aromatic hydroxyl groups is 1. The van der Waals surface area contributed by atoms with Crippen molar-refractivity contribution in [2.75, 3.05) is 6.26 Å². The number of aryl methyl sites for hydroxylation is 1. The third-order valence-corrected chi connectivity index (χ3v) is 3.45. The van der Waals surface area contributed by atoms with E-state index in [0.29, 0.717) is 12.0 Å². The summed E-state index contributed by atoms with van der Waals surface area (Å²) in [6.07, 6.45) is 3.23. The molecule has 0 aliphatic heterocycles. The van der Waals surface area contributed by atoms with Gasteiger partial charge in [0.25, 0.3) is 0 Å². The summed E-state index contributed by atoms with van der Waals surface area (Å²) in [5.41, 5.74) is 2.72. The molecule has 0 bridgehead atoms. The molecule has 1 aromatic carbocycles. The fraction of sp³-hybridized carbons (Fsp3) is 0.364. The first-order chi connectivity index (χ1) is 6.65. The summed E-state index contributed by atoms with van der Waals surface area (Å²) in [6, 6.07) is 1.96. The molecule has 74 valence electrons. The lowest BCUT2D eigenvalue weighted by atomic mass is 10.0. The lowest BCUT2D eigenvalue weighted by Gasteiger charge is -2.09. The fourth-order valence-electron chi connectivity index (χ4n) is 1.96. The molecule has 2 nitrogen and oxygen atoms in total. The van der Waals surface area contributed by atoms with E-state index in [1.54, 1.807) is 0 Å². The van der Waals surface area contributed by atoms with Crippen LogP contribution in [0.2, 0.25) is 0 Å². The second-order valence-corrected chi connectivity index (χ2v) is 4.37. The molecule has 1 N–H and O–H groups in total. The van der Waals surface area contributed by atoms with E-state index in [1.165, 1.54) is 11.8 Å². The zero-order chi connectivity index (χ0) is 10.3. The number of hydrogen-bond donors (Lipinski definition) is 1. The van der Waals surface area contributed by atoms with Gasteiger partial charge in [-0.05, 0) is 36.8 Å². The summed E-state index contributed by atoms with van der Waals surface area (Å²) in [7, 11) is 0. The van der Waals surface area contributed by atoms with Crippen molar-refractivity contribution in [1.29, 1.82) is 0 Å². The first kappa shape index (κ1) is 9.59. The van der Waals surface area contributed by atoms with Gasteiger partial charge in [-0.3, -0.25) is 4.79 Å². The number of phenols is 1. The second-order valence-electron chi connectivity index (χ2n) is 3.52. The Kier molecular flexibility index (Phi) is 2.27. The summed E-state index contributed by atoms with van der Waals surface area (Å²) in [4.78, 5) is 12.3. The lowest BCUT2D eigenvalue weighted by Crippen LogP contribution is -1.95. The number of hydrogen-bond acceptors (Lipinski definition) is 3. The van der Waals surface area contributed by atoms with Crippen LogP contribution in [-0.2, 0) is 6.42 Å². The molecule has 0 spiro atoms. The van der Waals surface area contributed by atoms with Crippen molar-refractivity contribution in [3.8, 4) is 5.75 Å². The average molecular weight is 208 g/mol. The Bertz CT molecular complexity index is 410. The Hall–Kier alpha value is -0.960. The van der Waals surface area contributed by atoms with Crippen LogP contribution in [0.25, 0.3) is 0 Å². The third-order valence-electron chi connectivity index (χ3n) is 2.70. The van der Waals surface area contributed by atoms with Gasteiger partial charge in [-0.1, -0.05) is 0 Å². The van der Waals surface area contributed by atoms with Gasteiger partial charge in [-0.25, -0.2) is 0 Å². The Labute approximate surface area is 87.3 Å². The van der Waals surface area contributed by atoms with Crippen LogP contribution in [0.1, 0.15) is 27.9 Å². The van der Waals surface area contributed by atoms with E-state index >= 15 is 0 Å². The van der Waals surface area contributed by atoms with Crippen LogP contribution in [0.15, 0.2) is 11.0 Å². The van der Waals surface area contributed by atoms with Crippen molar-refractivity contribution in [3.05, 3.63) is 22.8 Å². The predicted octanol–water partition coefficient (Wildman–Crippen LogP) is 2.55. The largest absolute Gasteiger partial charge is 0.506 e. The van der Waals surface area contributed by atoms with Crippen LogP contribution in [0.5, 0.6) is 5.75 Å². The maximum atomic E-state index is 11.5. The van der Waals surface area contributed by atoms with E-state index in [2.05, 4.69) is 0 Å². The van der Waals surface area contributed by atoms with Gasteiger partial charge >= 0.3 is 0 Å². The highest BCUT2D eigenvalue weighted by atomic mass is 32.2. The minimum absolute atomic E-state index is 0.0801. The predicted molar refractivity (Wildman–Crippen MR) is 57.3 cm³/mol. The molecule has 0 fully saturated rings. The standard InChI is InChI=1S/C11H12O2S/c1-6-5-9(14-2)11(13)10-7(6)3-4-8(10)12/h5,13H,3-4H2,1-2H3. The normalized spacial score (nSPS) is 14.6.